The maximum atomic E-state index is 12.6. The van der Waals surface area contributed by atoms with Gasteiger partial charge in [-0.05, 0) is 45.1 Å². The van der Waals surface area contributed by atoms with Gasteiger partial charge in [-0.25, -0.2) is 4.79 Å². The third kappa shape index (κ3) is 1.57. The number of hydrogen-bond acceptors (Lipinski definition) is 4. The normalized spacial score (nSPS) is 36.2. The van der Waals surface area contributed by atoms with E-state index in [2.05, 4.69) is 10.2 Å². The number of amides is 4. The van der Waals surface area contributed by atoms with Gasteiger partial charge in [0.05, 0.1) is 0 Å². The van der Waals surface area contributed by atoms with Gasteiger partial charge in [0.1, 0.15) is 5.41 Å². The molecule has 6 heteroatoms. The lowest BCUT2D eigenvalue weighted by atomic mass is 9.93. The third-order valence-electron chi connectivity index (χ3n) is 5.41. The molecular formula is C14H19N3O3. The molecule has 4 fully saturated rings. The zero-order chi connectivity index (χ0) is 13.9. The van der Waals surface area contributed by atoms with Gasteiger partial charge in [-0.15, -0.1) is 0 Å². The SMILES string of the molecule is O=C1NC(=O)C2(CC2)C(=O)N1C1CCN2CCCC2C1. The van der Waals surface area contributed by atoms with E-state index in [9.17, 15) is 14.4 Å². The second-order valence-corrected chi connectivity index (χ2v) is 6.53. The number of barbiturate groups is 1. The van der Waals surface area contributed by atoms with Crippen LogP contribution in [0.4, 0.5) is 4.79 Å². The Morgan fingerprint density at radius 1 is 1.05 bits per heavy atom. The number of rotatable bonds is 1. The number of carbonyl (C=O) groups is 3. The smallest absolute Gasteiger partial charge is 0.300 e. The summed E-state index contributed by atoms with van der Waals surface area (Å²) in [5, 5.41) is 2.38. The quantitative estimate of drug-likeness (QED) is 0.707. The highest BCUT2D eigenvalue weighted by Gasteiger charge is 2.63. The summed E-state index contributed by atoms with van der Waals surface area (Å²) >= 11 is 0. The molecule has 0 bridgehead atoms. The number of piperidine rings is 1. The lowest BCUT2D eigenvalue weighted by molar-refractivity contribution is -0.146. The van der Waals surface area contributed by atoms with Crippen LogP contribution in [0.1, 0.15) is 38.5 Å². The molecule has 3 saturated heterocycles. The van der Waals surface area contributed by atoms with E-state index in [1.807, 2.05) is 0 Å². The summed E-state index contributed by atoms with van der Waals surface area (Å²) in [5.41, 5.74) is -0.902. The fourth-order valence-corrected chi connectivity index (χ4v) is 4.03. The molecule has 4 aliphatic rings. The molecule has 0 aromatic carbocycles. The fourth-order valence-electron chi connectivity index (χ4n) is 4.03. The zero-order valence-electron chi connectivity index (χ0n) is 11.4. The van der Waals surface area contributed by atoms with Crippen LogP contribution >= 0.6 is 0 Å². The Bertz CT molecular complexity index is 500. The zero-order valence-corrected chi connectivity index (χ0v) is 11.4. The Morgan fingerprint density at radius 2 is 1.85 bits per heavy atom. The van der Waals surface area contributed by atoms with Crippen LogP contribution < -0.4 is 5.32 Å². The van der Waals surface area contributed by atoms with E-state index in [0.717, 1.165) is 32.4 Å². The van der Waals surface area contributed by atoms with Crippen molar-refractivity contribution in [1.29, 1.82) is 0 Å². The first-order valence-corrected chi connectivity index (χ1v) is 7.55. The van der Waals surface area contributed by atoms with Gasteiger partial charge in [-0.3, -0.25) is 19.8 Å². The van der Waals surface area contributed by atoms with Gasteiger partial charge in [-0.1, -0.05) is 0 Å². The first kappa shape index (κ1) is 12.3. The van der Waals surface area contributed by atoms with Crippen molar-refractivity contribution in [3.8, 4) is 0 Å². The molecule has 0 radical (unpaired) electrons. The number of fused-ring (bicyclic) bond motifs is 1. The van der Waals surface area contributed by atoms with E-state index in [1.54, 1.807) is 0 Å². The third-order valence-corrected chi connectivity index (χ3v) is 5.41. The highest BCUT2D eigenvalue weighted by Crippen LogP contribution is 2.49. The molecule has 3 aliphatic heterocycles. The van der Waals surface area contributed by atoms with Crippen LogP contribution in [0, 0.1) is 5.41 Å². The Morgan fingerprint density at radius 3 is 2.60 bits per heavy atom. The minimum absolute atomic E-state index is 0.0348. The molecule has 6 nitrogen and oxygen atoms in total. The molecule has 1 spiro atoms. The van der Waals surface area contributed by atoms with E-state index in [-0.39, 0.29) is 17.9 Å². The van der Waals surface area contributed by atoms with Gasteiger partial charge in [0, 0.05) is 18.6 Å². The van der Waals surface area contributed by atoms with Crippen molar-refractivity contribution in [1.82, 2.24) is 15.1 Å². The molecule has 3 heterocycles. The van der Waals surface area contributed by atoms with Gasteiger partial charge < -0.3 is 4.90 Å². The number of nitrogens with zero attached hydrogens (tertiary/aromatic N) is 2. The van der Waals surface area contributed by atoms with Crippen LogP contribution in [-0.4, -0.2) is 52.8 Å². The van der Waals surface area contributed by atoms with Crippen molar-refractivity contribution in [2.75, 3.05) is 13.1 Å². The largest absolute Gasteiger partial charge is 0.331 e. The van der Waals surface area contributed by atoms with Crippen molar-refractivity contribution < 1.29 is 14.4 Å². The summed E-state index contributed by atoms with van der Waals surface area (Å²) < 4.78 is 0. The highest BCUT2D eigenvalue weighted by atomic mass is 16.2. The first-order valence-electron chi connectivity index (χ1n) is 7.55. The fraction of sp³-hybridized carbons (Fsp3) is 0.786. The van der Waals surface area contributed by atoms with Crippen LogP contribution in [-0.2, 0) is 9.59 Å². The summed E-state index contributed by atoms with van der Waals surface area (Å²) in [6.07, 6.45) is 5.24. The summed E-state index contributed by atoms with van der Waals surface area (Å²) in [4.78, 5) is 40.3. The van der Waals surface area contributed by atoms with E-state index in [4.69, 9.17) is 0 Å². The number of hydrogen-bond donors (Lipinski definition) is 1. The first-order chi connectivity index (χ1) is 9.62. The second kappa shape index (κ2) is 4.04. The van der Waals surface area contributed by atoms with Crippen molar-refractivity contribution in [3.63, 3.8) is 0 Å². The van der Waals surface area contributed by atoms with Crippen molar-refractivity contribution >= 4 is 17.8 Å². The van der Waals surface area contributed by atoms with Crippen molar-refractivity contribution in [2.24, 2.45) is 5.41 Å². The van der Waals surface area contributed by atoms with Gasteiger partial charge in [0.2, 0.25) is 11.8 Å². The molecule has 2 atom stereocenters. The molecule has 0 aromatic heterocycles. The molecule has 1 N–H and O–H groups in total. The van der Waals surface area contributed by atoms with Crippen molar-refractivity contribution in [3.05, 3.63) is 0 Å². The van der Waals surface area contributed by atoms with Gasteiger partial charge in [-0.2, -0.15) is 0 Å². The average molecular weight is 277 g/mol. The maximum Gasteiger partial charge on any atom is 0.331 e. The molecule has 4 rings (SSSR count). The molecule has 20 heavy (non-hydrogen) atoms. The Hall–Kier alpha value is -1.43. The van der Waals surface area contributed by atoms with Crippen LogP contribution in [0.25, 0.3) is 0 Å². The van der Waals surface area contributed by atoms with E-state index >= 15 is 0 Å². The number of imide groups is 2. The molecule has 1 saturated carbocycles. The molecule has 1 aliphatic carbocycles. The van der Waals surface area contributed by atoms with E-state index < -0.39 is 11.4 Å². The number of nitrogens with one attached hydrogen (secondary N) is 1. The van der Waals surface area contributed by atoms with E-state index in [0.29, 0.717) is 18.9 Å². The van der Waals surface area contributed by atoms with Crippen LogP contribution in [0.15, 0.2) is 0 Å². The summed E-state index contributed by atoms with van der Waals surface area (Å²) in [5.74, 6) is -0.634. The Labute approximate surface area is 117 Å². The molecule has 108 valence electrons. The summed E-state index contributed by atoms with van der Waals surface area (Å²) in [6.45, 7) is 2.09. The predicted octanol–water partition coefficient (Wildman–Crippen LogP) is 0.472. The monoisotopic (exact) mass is 277 g/mol. The second-order valence-electron chi connectivity index (χ2n) is 6.53. The predicted molar refractivity (Wildman–Crippen MR) is 69.7 cm³/mol. The van der Waals surface area contributed by atoms with Gasteiger partial charge >= 0.3 is 6.03 Å². The van der Waals surface area contributed by atoms with Crippen LogP contribution in [0.3, 0.4) is 0 Å². The molecule has 4 amide bonds. The Balaban J connectivity index is 1.56. The average Bonchev–Trinajstić information content (AvgIpc) is 3.10. The number of urea groups is 1. The maximum absolute atomic E-state index is 12.6. The summed E-state index contributed by atoms with van der Waals surface area (Å²) in [6, 6.07) is -0.0384. The van der Waals surface area contributed by atoms with Gasteiger partial charge in [0.25, 0.3) is 0 Å². The lowest BCUT2D eigenvalue weighted by Crippen LogP contribution is -2.63. The topological polar surface area (TPSA) is 69.7 Å². The minimum atomic E-state index is -0.902. The van der Waals surface area contributed by atoms with Crippen molar-refractivity contribution in [2.45, 2.75) is 50.6 Å². The molecular weight excluding hydrogens is 258 g/mol. The standard InChI is InChI=1S/C14H19N3O3/c18-11-14(4-5-14)12(19)17(13(20)15-11)10-3-7-16-6-1-2-9(16)8-10/h9-10H,1-8H2,(H,15,18,20). The number of carbonyl (C=O) groups excluding carboxylic acids is 3. The minimum Gasteiger partial charge on any atom is -0.300 e. The molecule has 2 unspecified atom stereocenters. The van der Waals surface area contributed by atoms with Crippen LogP contribution in [0.2, 0.25) is 0 Å². The Kier molecular flexibility index (Phi) is 2.49. The highest BCUT2D eigenvalue weighted by molar-refractivity contribution is 6.21. The molecule has 0 aromatic rings. The van der Waals surface area contributed by atoms with Gasteiger partial charge in [0.15, 0.2) is 0 Å². The van der Waals surface area contributed by atoms with E-state index in [1.165, 1.54) is 11.3 Å². The lowest BCUT2D eigenvalue weighted by Gasteiger charge is -2.42. The summed E-state index contributed by atoms with van der Waals surface area (Å²) in [7, 11) is 0. The van der Waals surface area contributed by atoms with Crippen LogP contribution in [0.5, 0.6) is 0 Å².